The first-order valence-corrected chi connectivity index (χ1v) is 4.17. The van der Waals surface area contributed by atoms with Gasteiger partial charge in [0.15, 0.2) is 17.8 Å². The van der Waals surface area contributed by atoms with Crippen LogP contribution in [-0.4, -0.2) is 10.8 Å². The Labute approximate surface area is 75.4 Å². The van der Waals surface area contributed by atoms with E-state index in [-0.39, 0.29) is 5.78 Å². The minimum absolute atomic E-state index is 0.130. The third kappa shape index (κ3) is 1.33. The van der Waals surface area contributed by atoms with Gasteiger partial charge in [0.1, 0.15) is 5.52 Å². The van der Waals surface area contributed by atoms with Gasteiger partial charge in [-0.1, -0.05) is 6.92 Å². The van der Waals surface area contributed by atoms with E-state index in [1.54, 1.807) is 18.2 Å². The summed E-state index contributed by atoms with van der Waals surface area (Å²) in [7, 11) is 0. The van der Waals surface area contributed by atoms with Crippen molar-refractivity contribution in [3.63, 3.8) is 0 Å². The SMILES string of the molecule is CCC(=O)c1ccc2ocnc2c1. The van der Waals surface area contributed by atoms with Crippen molar-refractivity contribution < 1.29 is 9.21 Å². The van der Waals surface area contributed by atoms with Gasteiger partial charge in [-0.05, 0) is 18.2 Å². The average molecular weight is 175 g/mol. The molecule has 0 fully saturated rings. The van der Waals surface area contributed by atoms with Crippen molar-refractivity contribution in [1.82, 2.24) is 4.98 Å². The molecule has 0 saturated carbocycles. The Hall–Kier alpha value is -1.64. The van der Waals surface area contributed by atoms with Crippen LogP contribution in [0.2, 0.25) is 0 Å². The Balaban J connectivity index is 2.54. The highest BCUT2D eigenvalue weighted by Crippen LogP contribution is 2.14. The zero-order valence-corrected chi connectivity index (χ0v) is 7.28. The van der Waals surface area contributed by atoms with Crippen molar-refractivity contribution in [2.75, 3.05) is 0 Å². The molecule has 3 heteroatoms. The van der Waals surface area contributed by atoms with E-state index in [0.29, 0.717) is 17.6 Å². The molecule has 0 aliphatic heterocycles. The third-order valence-corrected chi connectivity index (χ3v) is 1.97. The van der Waals surface area contributed by atoms with Crippen molar-refractivity contribution in [3.8, 4) is 0 Å². The molecule has 2 aromatic rings. The van der Waals surface area contributed by atoms with Gasteiger partial charge in [-0.2, -0.15) is 0 Å². The van der Waals surface area contributed by atoms with Gasteiger partial charge in [0.25, 0.3) is 0 Å². The van der Waals surface area contributed by atoms with Crippen molar-refractivity contribution >= 4 is 16.9 Å². The minimum atomic E-state index is 0.130. The molecule has 0 saturated heterocycles. The van der Waals surface area contributed by atoms with Crippen LogP contribution in [0.1, 0.15) is 23.7 Å². The quantitative estimate of drug-likeness (QED) is 0.658. The molecular weight excluding hydrogens is 166 g/mol. The first kappa shape index (κ1) is 7.98. The summed E-state index contributed by atoms with van der Waals surface area (Å²) in [6.45, 7) is 1.84. The van der Waals surface area contributed by atoms with Crippen LogP contribution in [0.25, 0.3) is 11.1 Å². The largest absolute Gasteiger partial charge is 0.443 e. The monoisotopic (exact) mass is 175 g/mol. The summed E-state index contributed by atoms with van der Waals surface area (Å²) in [6.07, 6.45) is 1.90. The van der Waals surface area contributed by atoms with Gasteiger partial charge in [-0.25, -0.2) is 4.98 Å². The molecule has 0 N–H and O–H groups in total. The van der Waals surface area contributed by atoms with Gasteiger partial charge in [-0.3, -0.25) is 4.79 Å². The van der Waals surface area contributed by atoms with E-state index in [1.807, 2.05) is 6.92 Å². The molecule has 0 aliphatic rings. The van der Waals surface area contributed by atoms with Crippen molar-refractivity contribution in [3.05, 3.63) is 30.2 Å². The lowest BCUT2D eigenvalue weighted by Gasteiger charge is -1.95. The fraction of sp³-hybridized carbons (Fsp3) is 0.200. The number of fused-ring (bicyclic) bond motifs is 1. The second kappa shape index (κ2) is 3.01. The van der Waals surface area contributed by atoms with Gasteiger partial charge in [0.05, 0.1) is 0 Å². The van der Waals surface area contributed by atoms with Crippen LogP contribution >= 0.6 is 0 Å². The zero-order chi connectivity index (χ0) is 9.26. The van der Waals surface area contributed by atoms with E-state index in [4.69, 9.17) is 4.42 Å². The molecule has 1 heterocycles. The van der Waals surface area contributed by atoms with Crippen LogP contribution < -0.4 is 0 Å². The Morgan fingerprint density at radius 3 is 3.15 bits per heavy atom. The molecule has 1 aromatic heterocycles. The highest BCUT2D eigenvalue weighted by Gasteiger charge is 2.05. The van der Waals surface area contributed by atoms with Gasteiger partial charge < -0.3 is 4.42 Å². The van der Waals surface area contributed by atoms with E-state index >= 15 is 0 Å². The summed E-state index contributed by atoms with van der Waals surface area (Å²) < 4.78 is 5.06. The smallest absolute Gasteiger partial charge is 0.181 e. The molecule has 13 heavy (non-hydrogen) atoms. The lowest BCUT2D eigenvalue weighted by molar-refractivity contribution is 0.0988. The molecule has 0 radical (unpaired) electrons. The number of rotatable bonds is 2. The second-order valence-electron chi connectivity index (χ2n) is 2.81. The standard InChI is InChI=1S/C10H9NO2/c1-2-9(12)7-3-4-10-8(5-7)11-6-13-10/h3-6H,2H2,1H3. The number of carbonyl (C=O) groups excluding carboxylic acids is 1. The number of ketones is 1. The number of aromatic nitrogens is 1. The van der Waals surface area contributed by atoms with Crippen molar-refractivity contribution in [2.24, 2.45) is 0 Å². The summed E-state index contributed by atoms with van der Waals surface area (Å²) in [6, 6.07) is 5.29. The van der Waals surface area contributed by atoms with E-state index in [1.165, 1.54) is 6.39 Å². The Morgan fingerprint density at radius 1 is 1.54 bits per heavy atom. The number of hydrogen-bond acceptors (Lipinski definition) is 3. The summed E-state index contributed by atoms with van der Waals surface area (Å²) >= 11 is 0. The van der Waals surface area contributed by atoms with Crippen molar-refractivity contribution in [2.45, 2.75) is 13.3 Å². The maximum Gasteiger partial charge on any atom is 0.181 e. The minimum Gasteiger partial charge on any atom is -0.443 e. The fourth-order valence-corrected chi connectivity index (χ4v) is 1.24. The number of carbonyl (C=O) groups is 1. The lowest BCUT2D eigenvalue weighted by Crippen LogP contribution is -1.95. The summed E-state index contributed by atoms with van der Waals surface area (Å²) in [4.78, 5) is 15.3. The maximum atomic E-state index is 11.3. The molecule has 0 atom stereocenters. The van der Waals surface area contributed by atoms with Gasteiger partial charge in [0, 0.05) is 12.0 Å². The van der Waals surface area contributed by atoms with Crippen LogP contribution in [-0.2, 0) is 0 Å². The van der Waals surface area contributed by atoms with Gasteiger partial charge in [0.2, 0.25) is 0 Å². The molecule has 1 aromatic carbocycles. The molecule has 0 unspecified atom stereocenters. The van der Waals surface area contributed by atoms with Crippen LogP contribution in [0, 0.1) is 0 Å². The molecule has 0 amide bonds. The average Bonchev–Trinajstić information content (AvgIpc) is 2.63. The van der Waals surface area contributed by atoms with E-state index in [9.17, 15) is 4.79 Å². The molecular formula is C10H9NO2. The molecule has 2 rings (SSSR count). The third-order valence-electron chi connectivity index (χ3n) is 1.97. The second-order valence-corrected chi connectivity index (χ2v) is 2.81. The molecule has 0 aliphatic carbocycles. The van der Waals surface area contributed by atoms with Gasteiger partial charge >= 0.3 is 0 Å². The Bertz CT molecular complexity index is 445. The number of nitrogens with zero attached hydrogens (tertiary/aromatic N) is 1. The molecule has 3 nitrogen and oxygen atoms in total. The van der Waals surface area contributed by atoms with Crippen LogP contribution in [0.3, 0.4) is 0 Å². The van der Waals surface area contributed by atoms with Gasteiger partial charge in [-0.15, -0.1) is 0 Å². The number of benzene rings is 1. The predicted molar refractivity (Wildman–Crippen MR) is 48.6 cm³/mol. The lowest BCUT2D eigenvalue weighted by atomic mass is 10.1. The van der Waals surface area contributed by atoms with Crippen LogP contribution in [0.15, 0.2) is 29.0 Å². The Kier molecular flexibility index (Phi) is 1.85. The fourth-order valence-electron chi connectivity index (χ4n) is 1.24. The Morgan fingerprint density at radius 2 is 2.38 bits per heavy atom. The van der Waals surface area contributed by atoms with E-state index in [2.05, 4.69) is 4.98 Å². The predicted octanol–water partition coefficient (Wildman–Crippen LogP) is 2.42. The number of Topliss-reactive ketones (excluding diaryl/α,β-unsaturated/α-hetero) is 1. The summed E-state index contributed by atoms with van der Waals surface area (Å²) in [5.41, 5.74) is 2.15. The first-order valence-electron chi connectivity index (χ1n) is 4.17. The van der Waals surface area contributed by atoms with E-state index in [0.717, 1.165) is 5.52 Å². The zero-order valence-electron chi connectivity index (χ0n) is 7.28. The first-order chi connectivity index (χ1) is 6.31. The summed E-state index contributed by atoms with van der Waals surface area (Å²) in [5.74, 6) is 0.130. The molecule has 66 valence electrons. The van der Waals surface area contributed by atoms with E-state index < -0.39 is 0 Å². The number of hydrogen-bond donors (Lipinski definition) is 0. The topological polar surface area (TPSA) is 43.1 Å². The van der Waals surface area contributed by atoms with Crippen molar-refractivity contribution in [1.29, 1.82) is 0 Å². The van der Waals surface area contributed by atoms with Crippen LogP contribution in [0.4, 0.5) is 0 Å². The highest BCUT2D eigenvalue weighted by molar-refractivity contribution is 5.98. The maximum absolute atomic E-state index is 11.3. The molecule has 0 spiro atoms. The van der Waals surface area contributed by atoms with Crippen LogP contribution in [0.5, 0.6) is 0 Å². The molecule has 0 bridgehead atoms. The normalized spacial score (nSPS) is 10.5. The number of oxazole rings is 1. The highest BCUT2D eigenvalue weighted by atomic mass is 16.3. The summed E-state index contributed by atoms with van der Waals surface area (Å²) in [5, 5.41) is 0.